The van der Waals surface area contributed by atoms with Crippen LogP contribution in [0.25, 0.3) is 0 Å². The van der Waals surface area contributed by atoms with Crippen LogP contribution in [0.1, 0.15) is 6.42 Å². The minimum atomic E-state index is -2.29. The van der Waals surface area contributed by atoms with E-state index in [1.54, 1.807) is 0 Å². The predicted molar refractivity (Wildman–Crippen MR) is 33.7 cm³/mol. The topological polar surface area (TPSA) is 65.2 Å². The maximum absolute atomic E-state index is 11.1. The Morgan fingerprint density at radius 2 is 2.56 bits per heavy atom. The van der Waals surface area contributed by atoms with Crippen molar-refractivity contribution < 1.29 is 4.21 Å². The maximum atomic E-state index is 11.1. The van der Waals surface area contributed by atoms with Crippen molar-refractivity contribution in [2.24, 2.45) is 4.36 Å². The molecule has 0 radical (unpaired) electrons. The second-order valence-corrected chi connectivity index (χ2v) is 3.94. The molecule has 1 rings (SSSR count). The summed E-state index contributed by atoms with van der Waals surface area (Å²) < 4.78 is 17.0. The van der Waals surface area contributed by atoms with Crippen molar-refractivity contribution in [3.05, 3.63) is 0 Å². The number of hydrogen-bond acceptors (Lipinski definition) is 3. The zero-order valence-corrected chi connectivity index (χ0v) is 5.65. The van der Waals surface area contributed by atoms with Gasteiger partial charge in [0, 0.05) is 12.3 Å². The number of hydrogen-bond donors (Lipinski definition) is 1. The molecule has 0 amide bonds. The highest BCUT2D eigenvalue weighted by Crippen LogP contribution is 2.01. The largest absolute Gasteiger partial charge is 0.233 e. The summed E-state index contributed by atoms with van der Waals surface area (Å²) >= 11 is 0. The van der Waals surface area contributed by atoms with Crippen molar-refractivity contribution in [3.8, 4) is 6.19 Å². The molecular formula is C4H7N3OS. The summed E-state index contributed by atoms with van der Waals surface area (Å²) in [6.45, 7) is 0.712. The SMILES string of the molecule is N#CN=S1(=O)CCCN1. The van der Waals surface area contributed by atoms with Crippen LogP contribution in [0, 0.1) is 11.5 Å². The molecule has 5 heteroatoms. The van der Waals surface area contributed by atoms with Crippen molar-refractivity contribution in [1.29, 1.82) is 5.26 Å². The van der Waals surface area contributed by atoms with Crippen LogP contribution < -0.4 is 4.72 Å². The van der Waals surface area contributed by atoms with Gasteiger partial charge in [-0.2, -0.15) is 5.26 Å². The smallest absolute Gasteiger partial charge is 0.215 e. The molecule has 0 aromatic rings. The van der Waals surface area contributed by atoms with E-state index in [9.17, 15) is 4.21 Å². The second kappa shape index (κ2) is 2.33. The Bertz CT molecular complexity index is 233. The highest BCUT2D eigenvalue weighted by molar-refractivity contribution is 7.92. The molecule has 1 atom stereocenters. The summed E-state index contributed by atoms with van der Waals surface area (Å²) in [7, 11) is -2.29. The minimum Gasteiger partial charge on any atom is -0.233 e. The van der Waals surface area contributed by atoms with Gasteiger partial charge in [-0.1, -0.05) is 0 Å². The van der Waals surface area contributed by atoms with Crippen molar-refractivity contribution >= 4 is 9.92 Å². The Balaban J connectivity index is 2.89. The lowest BCUT2D eigenvalue weighted by molar-refractivity contribution is 0.675. The van der Waals surface area contributed by atoms with Crippen molar-refractivity contribution in [2.45, 2.75) is 6.42 Å². The zero-order chi connectivity index (χ0) is 6.74. The monoisotopic (exact) mass is 145 g/mol. The first-order chi connectivity index (χ1) is 4.27. The fourth-order valence-corrected chi connectivity index (χ4v) is 2.15. The van der Waals surface area contributed by atoms with E-state index in [1.807, 2.05) is 0 Å². The molecule has 0 aromatic heterocycles. The van der Waals surface area contributed by atoms with Crippen LogP contribution in [0.4, 0.5) is 0 Å². The van der Waals surface area contributed by atoms with Gasteiger partial charge in [-0.3, -0.25) is 0 Å². The van der Waals surface area contributed by atoms with Crippen LogP contribution >= 0.6 is 0 Å². The van der Waals surface area contributed by atoms with Crippen LogP contribution in [-0.2, 0) is 9.92 Å². The third-order valence-electron chi connectivity index (χ3n) is 1.11. The van der Waals surface area contributed by atoms with Crippen LogP contribution in [0.5, 0.6) is 0 Å². The summed E-state index contributed by atoms with van der Waals surface area (Å²) in [5.74, 6) is 0.514. The molecule has 9 heavy (non-hydrogen) atoms. The molecule has 1 aliphatic heterocycles. The summed E-state index contributed by atoms with van der Waals surface area (Å²) in [5, 5.41) is 8.06. The fourth-order valence-electron chi connectivity index (χ4n) is 0.715. The van der Waals surface area contributed by atoms with Crippen LogP contribution in [0.2, 0.25) is 0 Å². The first kappa shape index (κ1) is 6.52. The summed E-state index contributed by atoms with van der Waals surface area (Å²) in [6, 6.07) is 0. The highest BCUT2D eigenvalue weighted by Gasteiger charge is 2.13. The van der Waals surface area contributed by atoms with Gasteiger partial charge in [0.05, 0.1) is 0 Å². The van der Waals surface area contributed by atoms with Crippen molar-refractivity contribution in [1.82, 2.24) is 4.72 Å². The molecule has 0 spiro atoms. The highest BCUT2D eigenvalue weighted by atomic mass is 32.2. The van der Waals surface area contributed by atoms with Gasteiger partial charge in [0.15, 0.2) is 0 Å². The molecule has 0 bridgehead atoms. The van der Waals surface area contributed by atoms with Gasteiger partial charge in [-0.15, -0.1) is 4.36 Å². The third-order valence-corrected chi connectivity index (χ3v) is 2.99. The molecule has 1 unspecified atom stereocenters. The van der Waals surface area contributed by atoms with Gasteiger partial charge in [0.1, 0.15) is 9.92 Å². The number of rotatable bonds is 0. The van der Waals surface area contributed by atoms with Crippen molar-refractivity contribution in [3.63, 3.8) is 0 Å². The Hall–Kier alpha value is -0.600. The van der Waals surface area contributed by atoms with E-state index in [4.69, 9.17) is 5.26 Å². The Morgan fingerprint density at radius 3 is 3.00 bits per heavy atom. The van der Waals surface area contributed by atoms with Crippen LogP contribution in [0.3, 0.4) is 0 Å². The summed E-state index contributed by atoms with van der Waals surface area (Å²) in [4.78, 5) is 0. The Morgan fingerprint density at radius 1 is 1.78 bits per heavy atom. The molecule has 1 fully saturated rings. The molecule has 1 aliphatic rings. The average Bonchev–Trinajstić information content (AvgIpc) is 2.16. The van der Waals surface area contributed by atoms with Gasteiger partial charge in [0.25, 0.3) is 0 Å². The molecule has 1 saturated heterocycles. The number of nitriles is 1. The average molecular weight is 145 g/mol. The van der Waals surface area contributed by atoms with Gasteiger partial charge < -0.3 is 0 Å². The molecule has 1 N–H and O–H groups in total. The van der Waals surface area contributed by atoms with E-state index in [0.29, 0.717) is 12.3 Å². The minimum absolute atomic E-state index is 0.514. The number of nitrogens with one attached hydrogen (secondary N) is 1. The molecule has 0 aromatic carbocycles. The zero-order valence-electron chi connectivity index (χ0n) is 4.83. The fraction of sp³-hybridized carbons (Fsp3) is 0.750. The lowest BCUT2D eigenvalue weighted by Crippen LogP contribution is -2.15. The normalized spacial score (nSPS) is 33.7. The van der Waals surface area contributed by atoms with Crippen LogP contribution in [0.15, 0.2) is 4.36 Å². The lowest BCUT2D eigenvalue weighted by atomic mass is 10.5. The van der Waals surface area contributed by atoms with Gasteiger partial charge in [-0.25, -0.2) is 8.93 Å². The van der Waals surface area contributed by atoms with Crippen LogP contribution in [-0.4, -0.2) is 16.5 Å². The van der Waals surface area contributed by atoms with E-state index in [-0.39, 0.29) is 0 Å². The molecule has 1 heterocycles. The molecule has 50 valence electrons. The van der Waals surface area contributed by atoms with E-state index >= 15 is 0 Å². The Kier molecular flexibility index (Phi) is 1.69. The molecular weight excluding hydrogens is 138 g/mol. The molecule has 4 nitrogen and oxygen atoms in total. The molecule has 0 aliphatic carbocycles. The summed E-state index contributed by atoms with van der Waals surface area (Å²) in [5.41, 5.74) is 0. The second-order valence-electron chi connectivity index (χ2n) is 1.78. The van der Waals surface area contributed by atoms with E-state index in [1.165, 1.54) is 6.19 Å². The molecule has 0 saturated carbocycles. The van der Waals surface area contributed by atoms with E-state index < -0.39 is 9.92 Å². The maximum Gasteiger partial charge on any atom is 0.215 e. The van der Waals surface area contributed by atoms with Crippen molar-refractivity contribution in [2.75, 3.05) is 12.3 Å². The first-order valence-electron chi connectivity index (χ1n) is 2.64. The number of nitrogens with zero attached hydrogens (tertiary/aromatic N) is 2. The van der Waals surface area contributed by atoms with E-state index in [2.05, 4.69) is 9.08 Å². The predicted octanol–water partition coefficient (Wildman–Crippen LogP) is -0.156. The van der Waals surface area contributed by atoms with Gasteiger partial charge in [-0.05, 0) is 6.42 Å². The first-order valence-corrected chi connectivity index (χ1v) is 4.33. The lowest BCUT2D eigenvalue weighted by Gasteiger charge is -1.92. The Labute approximate surface area is 54.2 Å². The van der Waals surface area contributed by atoms with Gasteiger partial charge >= 0.3 is 0 Å². The van der Waals surface area contributed by atoms with Gasteiger partial charge in [0.2, 0.25) is 6.19 Å². The third kappa shape index (κ3) is 1.40. The quantitative estimate of drug-likeness (QED) is 0.481. The van der Waals surface area contributed by atoms with E-state index in [0.717, 1.165) is 6.42 Å². The summed E-state index contributed by atoms with van der Waals surface area (Å²) in [6.07, 6.45) is 2.39. The standard InChI is InChI=1S/C4H7N3OS/c5-4-7-9(8)3-1-2-6-9/h1-3H2,(H,6,7,8).